The Morgan fingerprint density at radius 2 is 0.893 bits per heavy atom. The van der Waals surface area contributed by atoms with E-state index >= 15 is 0 Å². The summed E-state index contributed by atoms with van der Waals surface area (Å²) in [4.78, 5) is 0. The van der Waals surface area contributed by atoms with Gasteiger partial charge in [-0.2, -0.15) is 0 Å². The molecule has 28 heavy (non-hydrogen) atoms. The van der Waals surface area contributed by atoms with Crippen LogP contribution in [0.5, 0.6) is 0 Å². The molecule has 0 aromatic heterocycles. The van der Waals surface area contributed by atoms with E-state index in [2.05, 4.69) is 111 Å². The SMILES string of the molecule is Cc1cc(C)cc(Nc2cccc3cccc(Nc4cc(C)cc(C)c4)c23)c1. The molecule has 0 amide bonds. The zero-order valence-electron chi connectivity index (χ0n) is 16.9. The molecule has 0 fully saturated rings. The maximum absolute atomic E-state index is 3.64. The molecule has 0 heterocycles. The van der Waals surface area contributed by atoms with Gasteiger partial charge in [0.2, 0.25) is 0 Å². The molecular weight excluding hydrogens is 340 g/mol. The van der Waals surface area contributed by atoms with Gasteiger partial charge in [0.25, 0.3) is 0 Å². The van der Waals surface area contributed by atoms with Gasteiger partial charge >= 0.3 is 0 Å². The van der Waals surface area contributed by atoms with Crippen LogP contribution in [0.15, 0.2) is 72.8 Å². The number of anilines is 4. The second kappa shape index (κ2) is 7.40. The molecule has 0 aliphatic heterocycles. The first-order valence-electron chi connectivity index (χ1n) is 9.70. The minimum Gasteiger partial charge on any atom is -0.355 e. The highest BCUT2D eigenvalue weighted by atomic mass is 14.9. The number of aryl methyl sites for hydroxylation is 4. The molecular formula is C26H26N2. The molecule has 0 aliphatic rings. The summed E-state index contributed by atoms with van der Waals surface area (Å²) in [6, 6.07) is 26.0. The zero-order chi connectivity index (χ0) is 19.7. The van der Waals surface area contributed by atoms with Crippen molar-refractivity contribution >= 4 is 33.5 Å². The van der Waals surface area contributed by atoms with Crippen molar-refractivity contribution in [1.29, 1.82) is 0 Å². The highest BCUT2D eigenvalue weighted by molar-refractivity contribution is 6.05. The number of hydrogen-bond donors (Lipinski definition) is 2. The first-order chi connectivity index (χ1) is 13.5. The van der Waals surface area contributed by atoms with Crippen LogP contribution >= 0.6 is 0 Å². The molecule has 2 N–H and O–H groups in total. The van der Waals surface area contributed by atoms with Gasteiger partial charge in [-0.25, -0.2) is 0 Å². The van der Waals surface area contributed by atoms with Crippen molar-refractivity contribution in [3.8, 4) is 0 Å². The standard InChI is InChI=1S/C26H26N2/c1-17-11-18(2)14-22(13-17)27-24-9-5-7-21-8-6-10-25(26(21)24)28-23-15-19(3)12-20(4)16-23/h5-16,27-28H,1-4H3. The third-order valence-electron chi connectivity index (χ3n) is 4.91. The van der Waals surface area contributed by atoms with E-state index < -0.39 is 0 Å². The summed E-state index contributed by atoms with van der Waals surface area (Å²) in [6.45, 7) is 8.53. The highest BCUT2D eigenvalue weighted by Gasteiger charge is 2.08. The average Bonchev–Trinajstić information content (AvgIpc) is 2.60. The molecule has 4 rings (SSSR count). The van der Waals surface area contributed by atoms with Crippen LogP contribution in [0.4, 0.5) is 22.7 Å². The molecule has 0 radical (unpaired) electrons. The molecule has 4 aromatic carbocycles. The second-order valence-electron chi connectivity index (χ2n) is 7.71. The minimum atomic E-state index is 1.11. The van der Waals surface area contributed by atoms with Gasteiger partial charge in [-0.15, -0.1) is 0 Å². The fourth-order valence-corrected chi connectivity index (χ4v) is 3.95. The minimum absolute atomic E-state index is 1.11. The Labute approximate surface area is 167 Å². The molecule has 140 valence electrons. The fourth-order valence-electron chi connectivity index (χ4n) is 3.95. The van der Waals surface area contributed by atoms with Crippen LogP contribution in [-0.4, -0.2) is 0 Å². The third kappa shape index (κ3) is 3.86. The van der Waals surface area contributed by atoms with Gasteiger partial charge in [-0.3, -0.25) is 0 Å². The Balaban J connectivity index is 1.79. The number of fused-ring (bicyclic) bond motifs is 1. The van der Waals surface area contributed by atoms with E-state index in [4.69, 9.17) is 0 Å². The van der Waals surface area contributed by atoms with E-state index in [1.807, 2.05) is 0 Å². The first kappa shape index (κ1) is 18.1. The van der Waals surface area contributed by atoms with Crippen LogP contribution in [-0.2, 0) is 0 Å². The summed E-state index contributed by atoms with van der Waals surface area (Å²) in [6.07, 6.45) is 0. The predicted octanol–water partition coefficient (Wildman–Crippen LogP) is 7.56. The number of benzene rings is 4. The van der Waals surface area contributed by atoms with Crippen molar-refractivity contribution < 1.29 is 0 Å². The van der Waals surface area contributed by atoms with E-state index in [0.29, 0.717) is 0 Å². The number of nitrogens with one attached hydrogen (secondary N) is 2. The molecule has 2 nitrogen and oxygen atoms in total. The van der Waals surface area contributed by atoms with Gasteiger partial charge in [0.15, 0.2) is 0 Å². The summed E-state index contributed by atoms with van der Waals surface area (Å²) in [5, 5.41) is 9.68. The Morgan fingerprint density at radius 1 is 0.500 bits per heavy atom. The summed E-state index contributed by atoms with van der Waals surface area (Å²) < 4.78 is 0. The van der Waals surface area contributed by atoms with E-state index in [9.17, 15) is 0 Å². The lowest BCUT2D eigenvalue weighted by molar-refractivity contribution is 1.37. The second-order valence-corrected chi connectivity index (χ2v) is 7.71. The molecule has 0 spiro atoms. The summed E-state index contributed by atoms with van der Waals surface area (Å²) in [5.74, 6) is 0. The molecule has 2 heteroatoms. The van der Waals surface area contributed by atoms with E-state index in [1.54, 1.807) is 0 Å². The van der Waals surface area contributed by atoms with Crippen LogP contribution in [0.1, 0.15) is 22.3 Å². The van der Waals surface area contributed by atoms with Crippen LogP contribution in [0.3, 0.4) is 0 Å². The van der Waals surface area contributed by atoms with Crippen LogP contribution in [0.25, 0.3) is 10.8 Å². The highest BCUT2D eigenvalue weighted by Crippen LogP contribution is 2.34. The normalized spacial score (nSPS) is 10.9. The van der Waals surface area contributed by atoms with E-state index in [-0.39, 0.29) is 0 Å². The van der Waals surface area contributed by atoms with Gasteiger partial charge in [0, 0.05) is 28.1 Å². The van der Waals surface area contributed by atoms with Crippen LogP contribution < -0.4 is 10.6 Å². The molecule has 0 aliphatic carbocycles. The van der Waals surface area contributed by atoms with Gasteiger partial charge < -0.3 is 10.6 Å². The Morgan fingerprint density at radius 3 is 1.29 bits per heavy atom. The Kier molecular flexibility index (Phi) is 4.79. The van der Waals surface area contributed by atoms with Crippen molar-refractivity contribution in [2.24, 2.45) is 0 Å². The van der Waals surface area contributed by atoms with Crippen molar-refractivity contribution in [2.75, 3.05) is 10.6 Å². The molecule has 0 saturated carbocycles. The van der Waals surface area contributed by atoms with Gasteiger partial charge in [0.1, 0.15) is 0 Å². The van der Waals surface area contributed by atoms with Gasteiger partial charge in [-0.05, 0) is 91.7 Å². The summed E-state index contributed by atoms with van der Waals surface area (Å²) in [7, 11) is 0. The van der Waals surface area contributed by atoms with Crippen molar-refractivity contribution in [1.82, 2.24) is 0 Å². The Hall–Kier alpha value is -3.26. The monoisotopic (exact) mass is 366 g/mol. The first-order valence-corrected chi connectivity index (χ1v) is 9.70. The number of rotatable bonds is 4. The predicted molar refractivity (Wildman–Crippen MR) is 122 cm³/mol. The molecule has 0 unspecified atom stereocenters. The average molecular weight is 367 g/mol. The van der Waals surface area contributed by atoms with E-state index in [0.717, 1.165) is 22.7 Å². The lowest BCUT2D eigenvalue weighted by Gasteiger charge is -2.16. The topological polar surface area (TPSA) is 24.1 Å². The summed E-state index contributed by atoms with van der Waals surface area (Å²) in [5.41, 5.74) is 9.49. The van der Waals surface area contributed by atoms with Crippen molar-refractivity contribution in [3.63, 3.8) is 0 Å². The quantitative estimate of drug-likeness (QED) is 0.389. The lowest BCUT2D eigenvalue weighted by atomic mass is 10.0. The van der Waals surface area contributed by atoms with Crippen molar-refractivity contribution in [3.05, 3.63) is 95.1 Å². The maximum Gasteiger partial charge on any atom is 0.0485 e. The lowest BCUT2D eigenvalue weighted by Crippen LogP contribution is -1.97. The summed E-state index contributed by atoms with van der Waals surface area (Å²) >= 11 is 0. The number of hydrogen-bond acceptors (Lipinski definition) is 2. The van der Waals surface area contributed by atoms with Gasteiger partial charge in [-0.1, -0.05) is 36.4 Å². The molecule has 0 atom stereocenters. The maximum atomic E-state index is 3.64. The van der Waals surface area contributed by atoms with Crippen molar-refractivity contribution in [2.45, 2.75) is 27.7 Å². The van der Waals surface area contributed by atoms with Crippen LogP contribution in [0, 0.1) is 27.7 Å². The van der Waals surface area contributed by atoms with Gasteiger partial charge in [0.05, 0.1) is 0 Å². The zero-order valence-corrected chi connectivity index (χ0v) is 16.9. The fraction of sp³-hybridized carbons (Fsp3) is 0.154. The molecule has 0 bridgehead atoms. The molecule has 4 aromatic rings. The Bertz CT molecular complexity index is 1030. The van der Waals surface area contributed by atoms with E-state index in [1.165, 1.54) is 33.0 Å². The largest absolute Gasteiger partial charge is 0.355 e. The third-order valence-corrected chi connectivity index (χ3v) is 4.91. The van der Waals surface area contributed by atoms with Crippen LogP contribution in [0.2, 0.25) is 0 Å². The molecule has 0 saturated heterocycles. The smallest absolute Gasteiger partial charge is 0.0485 e.